The molecular formula is C25H28N2O2S2. The van der Waals surface area contributed by atoms with Crippen molar-refractivity contribution in [2.75, 3.05) is 12.4 Å². The average molecular weight is 453 g/mol. The molecule has 0 aliphatic heterocycles. The molecule has 0 saturated carbocycles. The quantitative estimate of drug-likeness (QED) is 0.316. The lowest BCUT2D eigenvalue weighted by atomic mass is 10.0. The summed E-state index contributed by atoms with van der Waals surface area (Å²) in [5.41, 5.74) is 4.86. The summed E-state index contributed by atoms with van der Waals surface area (Å²) in [5.74, 6) is -0.381. The van der Waals surface area contributed by atoms with Crippen molar-refractivity contribution < 1.29 is 9.53 Å². The Morgan fingerprint density at radius 3 is 2.42 bits per heavy atom. The molecule has 162 valence electrons. The number of carbonyl (C=O) groups is 1. The molecule has 1 aromatic heterocycles. The van der Waals surface area contributed by atoms with Gasteiger partial charge in [0.15, 0.2) is 5.11 Å². The topological polar surface area (TPSA) is 50.4 Å². The molecule has 3 aromatic rings. The van der Waals surface area contributed by atoms with E-state index < -0.39 is 0 Å². The van der Waals surface area contributed by atoms with E-state index in [1.54, 1.807) is 0 Å². The lowest BCUT2D eigenvalue weighted by molar-refractivity contribution is 0.0603. The van der Waals surface area contributed by atoms with Crippen molar-refractivity contribution in [3.63, 3.8) is 0 Å². The van der Waals surface area contributed by atoms with E-state index in [4.69, 9.17) is 17.0 Å². The molecule has 0 spiro atoms. The number of esters is 1. The van der Waals surface area contributed by atoms with Gasteiger partial charge in [-0.2, -0.15) is 0 Å². The maximum Gasteiger partial charge on any atom is 0.341 e. The summed E-state index contributed by atoms with van der Waals surface area (Å²) in [6.45, 7) is 6.25. The van der Waals surface area contributed by atoms with E-state index >= 15 is 0 Å². The number of carbonyl (C=O) groups excluding carboxylic acids is 1. The van der Waals surface area contributed by atoms with Gasteiger partial charge in [-0.15, -0.1) is 11.3 Å². The number of aryl methyl sites for hydroxylation is 2. The summed E-state index contributed by atoms with van der Waals surface area (Å²) < 4.78 is 5.08. The molecule has 0 aliphatic carbocycles. The van der Waals surface area contributed by atoms with Crippen molar-refractivity contribution in [2.24, 2.45) is 0 Å². The molecule has 0 aliphatic rings. The predicted molar refractivity (Wildman–Crippen MR) is 134 cm³/mol. The van der Waals surface area contributed by atoms with Crippen molar-refractivity contribution in [1.29, 1.82) is 0 Å². The number of rotatable bonds is 7. The zero-order valence-electron chi connectivity index (χ0n) is 18.3. The first-order valence-electron chi connectivity index (χ1n) is 10.4. The number of thiocarbonyl (C=S) groups is 1. The molecule has 0 fully saturated rings. The van der Waals surface area contributed by atoms with Gasteiger partial charge in [-0.25, -0.2) is 4.79 Å². The monoisotopic (exact) mass is 452 g/mol. The third kappa shape index (κ3) is 5.51. The van der Waals surface area contributed by atoms with Crippen LogP contribution in [0, 0.1) is 6.92 Å². The van der Waals surface area contributed by atoms with Gasteiger partial charge in [0.2, 0.25) is 0 Å². The minimum atomic E-state index is -0.381. The number of nitrogens with one attached hydrogen (secondary N) is 2. The predicted octanol–water partition coefficient (Wildman–Crippen LogP) is 6.51. The van der Waals surface area contributed by atoms with Crippen LogP contribution in [-0.4, -0.2) is 18.2 Å². The summed E-state index contributed by atoms with van der Waals surface area (Å²) in [7, 11) is 1.40. The normalized spacial score (nSPS) is 11.6. The third-order valence-corrected chi connectivity index (χ3v) is 6.37. The van der Waals surface area contributed by atoms with Gasteiger partial charge in [0.25, 0.3) is 0 Å². The molecule has 0 saturated heterocycles. The molecule has 6 heteroatoms. The van der Waals surface area contributed by atoms with Crippen LogP contribution in [0.5, 0.6) is 0 Å². The molecule has 2 N–H and O–H groups in total. The smallest absolute Gasteiger partial charge is 0.341 e. The first-order chi connectivity index (χ1) is 14.9. The van der Waals surface area contributed by atoms with E-state index in [0.29, 0.717) is 15.7 Å². The van der Waals surface area contributed by atoms with Crippen LogP contribution in [0.15, 0.2) is 54.6 Å². The van der Waals surface area contributed by atoms with E-state index in [1.807, 2.05) is 37.3 Å². The highest BCUT2D eigenvalue weighted by Gasteiger charge is 2.24. The molecule has 1 atom stereocenters. The van der Waals surface area contributed by atoms with E-state index in [0.717, 1.165) is 34.4 Å². The minimum Gasteiger partial charge on any atom is -0.465 e. The average Bonchev–Trinajstić information content (AvgIpc) is 3.09. The maximum absolute atomic E-state index is 12.6. The van der Waals surface area contributed by atoms with E-state index in [-0.39, 0.29) is 12.0 Å². The van der Waals surface area contributed by atoms with E-state index in [9.17, 15) is 4.79 Å². The second-order valence-electron chi connectivity index (χ2n) is 7.41. The maximum atomic E-state index is 12.6. The molecule has 0 bridgehead atoms. The number of thiophene rings is 1. The first kappa shape index (κ1) is 23.0. The zero-order valence-corrected chi connectivity index (χ0v) is 20.0. The Hall–Kier alpha value is -2.70. The highest BCUT2D eigenvalue weighted by atomic mass is 32.1. The van der Waals surface area contributed by atoms with Crippen LogP contribution in [0.4, 0.5) is 5.00 Å². The number of ether oxygens (including phenoxy) is 1. The number of hydrogen-bond acceptors (Lipinski definition) is 4. The van der Waals surface area contributed by atoms with Crippen molar-refractivity contribution in [3.05, 3.63) is 76.2 Å². The Kier molecular flexibility index (Phi) is 7.82. The van der Waals surface area contributed by atoms with Gasteiger partial charge in [0.05, 0.1) is 13.2 Å². The number of methoxy groups -OCH3 is 1. The Bertz CT molecular complexity index is 1040. The molecule has 3 rings (SSSR count). The summed E-state index contributed by atoms with van der Waals surface area (Å²) in [4.78, 5) is 13.7. The molecule has 1 unspecified atom stereocenters. The fourth-order valence-corrected chi connectivity index (χ4v) is 4.97. The van der Waals surface area contributed by atoms with Crippen molar-refractivity contribution in [2.45, 2.75) is 39.7 Å². The molecule has 1 heterocycles. The van der Waals surface area contributed by atoms with E-state index in [2.05, 4.69) is 48.7 Å². The van der Waals surface area contributed by atoms with Crippen LogP contribution in [0.1, 0.15) is 52.7 Å². The van der Waals surface area contributed by atoms with Crippen LogP contribution in [-0.2, 0) is 11.2 Å². The van der Waals surface area contributed by atoms with Gasteiger partial charge in [-0.3, -0.25) is 0 Å². The third-order valence-electron chi connectivity index (χ3n) is 5.13. The lowest BCUT2D eigenvalue weighted by Gasteiger charge is -2.18. The second kappa shape index (κ2) is 10.6. The van der Waals surface area contributed by atoms with Crippen LogP contribution >= 0.6 is 23.6 Å². The van der Waals surface area contributed by atoms with Crippen molar-refractivity contribution in [3.8, 4) is 11.1 Å². The van der Waals surface area contributed by atoms with Gasteiger partial charge < -0.3 is 15.4 Å². The van der Waals surface area contributed by atoms with Gasteiger partial charge in [0.1, 0.15) is 10.6 Å². The number of anilines is 1. The standard InChI is InChI=1S/C25H28N2O2S2/c1-5-9-18-12-14-19(15-13-18)16(2)26-25(30)27-23-22(24(28)29-4)21(17(3)31-23)20-10-7-6-8-11-20/h6-8,10-16H,5,9H2,1-4H3,(H2,26,27,30). The first-order valence-corrected chi connectivity index (χ1v) is 11.6. The van der Waals surface area contributed by atoms with Crippen LogP contribution in [0.3, 0.4) is 0 Å². The highest BCUT2D eigenvalue weighted by molar-refractivity contribution is 7.80. The van der Waals surface area contributed by atoms with Crippen molar-refractivity contribution in [1.82, 2.24) is 5.32 Å². The summed E-state index contributed by atoms with van der Waals surface area (Å²) in [6.07, 6.45) is 2.22. The fraction of sp³-hybridized carbons (Fsp3) is 0.280. The van der Waals surface area contributed by atoms with Crippen LogP contribution in [0.25, 0.3) is 11.1 Å². The molecular weight excluding hydrogens is 424 g/mol. The Balaban J connectivity index is 1.80. The Labute approximate surface area is 193 Å². The van der Waals surface area contributed by atoms with Gasteiger partial charge >= 0.3 is 5.97 Å². The van der Waals surface area contributed by atoms with Gasteiger partial charge in [-0.05, 0) is 49.2 Å². The fourth-order valence-electron chi connectivity index (χ4n) is 3.56. The summed E-state index contributed by atoms with van der Waals surface area (Å²) in [5, 5.41) is 7.71. The summed E-state index contributed by atoms with van der Waals surface area (Å²) >= 11 is 7.06. The molecule has 0 radical (unpaired) electrons. The number of benzene rings is 2. The highest BCUT2D eigenvalue weighted by Crippen LogP contribution is 2.40. The molecule has 2 aromatic carbocycles. The van der Waals surface area contributed by atoms with Crippen LogP contribution in [0.2, 0.25) is 0 Å². The summed E-state index contributed by atoms with van der Waals surface area (Å²) in [6, 6.07) is 18.5. The van der Waals surface area contributed by atoms with Gasteiger partial charge in [-0.1, -0.05) is 67.9 Å². The van der Waals surface area contributed by atoms with Crippen LogP contribution < -0.4 is 10.6 Å². The molecule has 4 nitrogen and oxygen atoms in total. The number of hydrogen-bond donors (Lipinski definition) is 2. The lowest BCUT2D eigenvalue weighted by Crippen LogP contribution is -2.31. The second-order valence-corrected chi connectivity index (χ2v) is 9.04. The Morgan fingerprint density at radius 1 is 1.13 bits per heavy atom. The van der Waals surface area contributed by atoms with E-state index in [1.165, 1.54) is 24.0 Å². The zero-order chi connectivity index (χ0) is 22.4. The van der Waals surface area contributed by atoms with Gasteiger partial charge in [0, 0.05) is 10.4 Å². The van der Waals surface area contributed by atoms with Crippen molar-refractivity contribution >= 4 is 39.6 Å². The largest absolute Gasteiger partial charge is 0.465 e. The molecule has 0 amide bonds. The minimum absolute atomic E-state index is 0.0342. The molecule has 31 heavy (non-hydrogen) atoms. The SMILES string of the molecule is CCCc1ccc(C(C)NC(=S)Nc2sc(C)c(-c3ccccc3)c2C(=O)OC)cc1. The Morgan fingerprint density at radius 2 is 1.81 bits per heavy atom.